The molecule has 2 aliphatic heterocycles. The summed E-state index contributed by atoms with van der Waals surface area (Å²) >= 11 is 0. The molecule has 1 aromatic carbocycles. The van der Waals surface area contributed by atoms with Crippen LogP contribution in [0.4, 0.5) is 5.69 Å². The Morgan fingerprint density at radius 3 is 1.82 bits per heavy atom. The van der Waals surface area contributed by atoms with Gasteiger partial charge in [-0.2, -0.15) is 0 Å². The molecule has 1 unspecified atom stereocenters. The molecule has 0 N–H and O–H groups in total. The summed E-state index contributed by atoms with van der Waals surface area (Å²) in [7, 11) is -12.3. The van der Waals surface area contributed by atoms with Gasteiger partial charge < -0.3 is 56.1 Å². The van der Waals surface area contributed by atoms with Crippen LogP contribution in [0.3, 0.4) is 0 Å². The third kappa shape index (κ3) is 23.5. The second-order valence-corrected chi connectivity index (χ2v) is 22.6. The van der Waals surface area contributed by atoms with Gasteiger partial charge in [0.15, 0.2) is 6.54 Å². The van der Waals surface area contributed by atoms with Crippen molar-refractivity contribution in [2.24, 2.45) is 0 Å². The smallest absolute Gasteiger partial charge is 0.748 e. The number of hydrogen-bond acceptors (Lipinski definition) is 18. The molecule has 19 nitrogen and oxygen atoms in total. The molecule has 0 saturated carbocycles. The van der Waals surface area contributed by atoms with E-state index in [4.69, 9.17) is 37.6 Å². The Labute approximate surface area is 477 Å². The Morgan fingerprint density at radius 1 is 0.699 bits per heavy atom. The summed E-state index contributed by atoms with van der Waals surface area (Å²) in [5.74, 6) is 0.0146. The maximum atomic E-state index is 12.3. The van der Waals surface area contributed by atoms with Crippen LogP contribution in [-0.2, 0) is 74.3 Å². The first kappa shape index (κ1) is 67.5. The van der Waals surface area contributed by atoms with Crippen LogP contribution in [0.5, 0.6) is 0 Å². The van der Waals surface area contributed by atoms with E-state index in [0.717, 1.165) is 17.5 Å². The number of nitrogens with zero attached hydrogens (tertiary/aromatic N) is 2. The molecular weight excluding hydrogens is 1030 g/mol. The number of fused-ring (bicyclic) bond motifs is 2. The van der Waals surface area contributed by atoms with Crippen LogP contribution in [0.2, 0.25) is 0 Å². The molecule has 73 heavy (non-hydrogen) atoms. The zero-order valence-electron chi connectivity index (χ0n) is 43.9. The van der Waals surface area contributed by atoms with Crippen molar-refractivity contribution in [3.8, 4) is 11.3 Å². The Balaban J connectivity index is 0.00000913. The van der Waals surface area contributed by atoms with Gasteiger partial charge >= 0.3 is 59.1 Å². The number of rotatable bonds is 34. The molecule has 1 aliphatic carbocycles. The quantitative estimate of drug-likeness (QED) is 0.0284. The molecule has 0 saturated heterocycles. The van der Waals surface area contributed by atoms with Crippen molar-refractivity contribution < 1.29 is 136 Å². The van der Waals surface area contributed by atoms with Gasteiger partial charge in [-0.05, 0) is 73.7 Å². The molecule has 2 heterocycles. The van der Waals surface area contributed by atoms with Gasteiger partial charge in [0.25, 0.3) is 0 Å². The van der Waals surface area contributed by atoms with Crippen LogP contribution in [-0.4, -0.2) is 163 Å². The van der Waals surface area contributed by atoms with Crippen LogP contribution in [0.15, 0.2) is 69.6 Å². The number of allylic oxidation sites excluding steroid dienone is 3. The van der Waals surface area contributed by atoms with Crippen molar-refractivity contribution >= 4 is 42.1 Å². The Hall–Kier alpha value is -1.62. The zero-order valence-corrected chi connectivity index (χ0v) is 50.3. The summed E-state index contributed by atoms with van der Waals surface area (Å²) in [5.41, 5.74) is 1.75. The maximum absolute atomic E-state index is 12.3. The molecule has 0 amide bonds. The Kier molecular flexibility index (Phi) is 30.5. The second-order valence-electron chi connectivity index (χ2n) is 18.2. The standard InChI is InChI=1S/C49H74N2O17S3.2Na/c1-7-21-62-26-29-66-31-28-64-23-20-51-44-16-14-41(71(58,59)60)38-43(44)49(5,17-9-34-69(52,53)54)46(51)12-8-11-39-36-47(48(2,3)4)68-45-37-40(13-15-42(39)45)50(18-10-35-70(55,56)57)19-22-63-27-30-67-33-32-65-25-24-61-6;;/h8,11-16,36-38H,7,9-10,17-35H2,1-6H3,(H2-,52,53,54,55,56,57,58,59,60);;/q;2*+1/p-2. The summed E-state index contributed by atoms with van der Waals surface area (Å²) in [6, 6.07) is 11.7. The van der Waals surface area contributed by atoms with Crippen molar-refractivity contribution in [2.45, 2.75) is 76.0 Å². The van der Waals surface area contributed by atoms with Crippen LogP contribution in [0.1, 0.15) is 77.2 Å². The van der Waals surface area contributed by atoms with Gasteiger partial charge in [-0.25, -0.2) is 29.8 Å². The number of hydrogen-bond donors (Lipinski definition) is 0. The van der Waals surface area contributed by atoms with Gasteiger partial charge in [0, 0.05) is 72.0 Å². The fourth-order valence-electron chi connectivity index (χ4n) is 7.94. The molecule has 1 atom stereocenters. The third-order valence-electron chi connectivity index (χ3n) is 11.5. The van der Waals surface area contributed by atoms with E-state index in [1.54, 1.807) is 13.2 Å². The van der Waals surface area contributed by atoms with Crippen molar-refractivity contribution in [2.75, 3.05) is 129 Å². The summed E-state index contributed by atoms with van der Waals surface area (Å²) < 4.78 is 154. The van der Waals surface area contributed by atoms with Crippen LogP contribution in [0, 0.1) is 0 Å². The van der Waals surface area contributed by atoms with Gasteiger partial charge in [0.1, 0.15) is 34.8 Å². The van der Waals surface area contributed by atoms with Crippen LogP contribution >= 0.6 is 0 Å². The second kappa shape index (κ2) is 33.0. The largest absolute Gasteiger partial charge is 1.00 e. The van der Waals surface area contributed by atoms with Gasteiger partial charge in [-0.15, -0.1) is 0 Å². The van der Waals surface area contributed by atoms with Crippen molar-refractivity contribution in [3.63, 3.8) is 0 Å². The normalized spacial score (nSPS) is 16.3. The molecule has 0 radical (unpaired) electrons. The molecule has 4 rings (SSSR count). The Morgan fingerprint density at radius 2 is 1.26 bits per heavy atom. The molecule has 0 spiro atoms. The number of benzene rings is 2. The predicted molar refractivity (Wildman–Crippen MR) is 265 cm³/mol. The molecule has 1 aromatic rings. The summed E-state index contributed by atoms with van der Waals surface area (Å²) in [5, 5.41) is 0.713. The fraction of sp³-hybridized carbons (Fsp3) is 0.612. The topological polar surface area (TPSA) is 256 Å². The maximum Gasteiger partial charge on any atom is 1.00 e. The molecule has 0 bridgehead atoms. The summed E-state index contributed by atoms with van der Waals surface area (Å²) in [4.78, 5) is 1.50. The van der Waals surface area contributed by atoms with E-state index in [-0.39, 0.29) is 105 Å². The van der Waals surface area contributed by atoms with E-state index in [0.29, 0.717) is 113 Å². The first-order valence-electron chi connectivity index (χ1n) is 23.8. The van der Waals surface area contributed by atoms with Crippen molar-refractivity contribution in [1.82, 2.24) is 4.58 Å². The van der Waals surface area contributed by atoms with Gasteiger partial charge in [0.05, 0.1) is 104 Å². The number of methoxy groups -OCH3 is 1. The average Bonchev–Trinajstić information content (AvgIpc) is 3.51. The third-order valence-corrected chi connectivity index (χ3v) is 14.0. The monoisotopic (exact) mass is 1100 g/mol. The average molecular weight is 1100 g/mol. The van der Waals surface area contributed by atoms with Gasteiger partial charge in [0.2, 0.25) is 5.36 Å². The minimum Gasteiger partial charge on any atom is -0.748 e. The van der Waals surface area contributed by atoms with E-state index in [1.165, 1.54) is 12.1 Å². The summed E-state index contributed by atoms with van der Waals surface area (Å²) in [6.07, 6.45) is 6.66. The van der Waals surface area contributed by atoms with Gasteiger partial charge in [-0.3, -0.25) is 0 Å². The Bertz CT molecular complexity index is 2590. The molecular formula is C49H72N2Na2O17S3. The number of ether oxygens (including phenoxy) is 7. The van der Waals surface area contributed by atoms with Gasteiger partial charge in [-0.1, -0.05) is 39.8 Å². The SMILES string of the molecule is CCCOCCOCCOCCN1/C(=C\C=C\c2cc(C(C)(C)C)oc3cc(=[N+](CCCS(=O)(=O)[O-])CCOCCOCCOCCOC)ccc2-3)C(C)(CCCS(=O)(=O)[O-])c2cc(S(=O)(=O)[O-])ccc21.[Na+].[Na+]. The van der Waals surface area contributed by atoms with E-state index in [1.807, 2.05) is 86.6 Å². The van der Waals surface area contributed by atoms with Crippen LogP contribution in [0.25, 0.3) is 17.4 Å². The minimum atomic E-state index is -4.87. The molecule has 0 fully saturated rings. The van der Waals surface area contributed by atoms with E-state index < -0.39 is 57.6 Å². The first-order chi connectivity index (χ1) is 33.6. The zero-order chi connectivity index (χ0) is 52.1. The molecule has 0 aromatic heterocycles. The minimum absolute atomic E-state index is 0. The van der Waals surface area contributed by atoms with Crippen LogP contribution < -0.4 is 73.9 Å². The fourth-order valence-corrected chi connectivity index (χ4v) is 9.42. The summed E-state index contributed by atoms with van der Waals surface area (Å²) in [6.45, 7) is 15.9. The first-order valence-corrected chi connectivity index (χ1v) is 28.4. The predicted octanol–water partition coefficient (Wildman–Crippen LogP) is -1.54. The number of anilines is 1. The van der Waals surface area contributed by atoms with Crippen molar-refractivity contribution in [1.29, 1.82) is 0 Å². The molecule has 3 aliphatic rings. The van der Waals surface area contributed by atoms with E-state index in [9.17, 15) is 38.9 Å². The van der Waals surface area contributed by atoms with Crippen molar-refractivity contribution in [3.05, 3.63) is 82.6 Å². The van der Waals surface area contributed by atoms with E-state index >= 15 is 0 Å². The molecule has 400 valence electrons. The van der Waals surface area contributed by atoms with E-state index in [2.05, 4.69) is 0 Å². The molecule has 24 heteroatoms.